The van der Waals surface area contributed by atoms with Gasteiger partial charge in [-0.15, -0.1) is 0 Å². The molecule has 0 aliphatic carbocycles. The summed E-state index contributed by atoms with van der Waals surface area (Å²) < 4.78 is 10.1. The van der Waals surface area contributed by atoms with Crippen LogP contribution in [0.25, 0.3) is 0 Å². The van der Waals surface area contributed by atoms with Gasteiger partial charge >= 0.3 is 0 Å². The monoisotopic (exact) mass is 224 g/mol. The predicted molar refractivity (Wildman–Crippen MR) is 64.0 cm³/mol. The maximum atomic E-state index is 5.27. The van der Waals surface area contributed by atoms with Crippen molar-refractivity contribution in [2.75, 3.05) is 33.8 Å². The Bertz CT molecular complexity index is 254. The maximum Gasteiger partial charge on any atom is 0.1000 e. The fourth-order valence-corrected chi connectivity index (χ4v) is 1.29. The number of rotatable bonds is 9. The van der Waals surface area contributed by atoms with Crippen LogP contribution in [0.3, 0.4) is 0 Å². The van der Waals surface area contributed by atoms with Crippen molar-refractivity contribution in [1.82, 2.24) is 10.6 Å². The Hall–Kier alpha value is -0.940. The van der Waals surface area contributed by atoms with Crippen LogP contribution in [0.1, 0.15) is 5.56 Å². The van der Waals surface area contributed by atoms with Gasteiger partial charge in [0, 0.05) is 13.7 Å². The lowest BCUT2D eigenvalue weighted by atomic mass is 10.2. The first-order chi connectivity index (χ1) is 7.93. The molecule has 4 nitrogen and oxygen atoms in total. The van der Waals surface area contributed by atoms with Gasteiger partial charge in [0.1, 0.15) is 0 Å². The standard InChI is InChI=1S/C12H20N2O2/c1-15-9-14-11-16-10-13-8-7-12-5-3-2-4-6-12/h2-6,13-14H,7-11H2,1H3. The van der Waals surface area contributed by atoms with E-state index in [1.807, 2.05) is 6.07 Å². The molecule has 0 aliphatic rings. The molecule has 2 N–H and O–H groups in total. The van der Waals surface area contributed by atoms with Gasteiger partial charge in [-0.2, -0.15) is 0 Å². The van der Waals surface area contributed by atoms with Crippen molar-refractivity contribution in [2.24, 2.45) is 0 Å². The summed E-state index contributed by atoms with van der Waals surface area (Å²) in [6, 6.07) is 10.4. The highest BCUT2D eigenvalue weighted by molar-refractivity contribution is 5.14. The first-order valence-electron chi connectivity index (χ1n) is 5.45. The van der Waals surface area contributed by atoms with Gasteiger partial charge in [0.15, 0.2) is 0 Å². The Morgan fingerprint density at radius 1 is 1.00 bits per heavy atom. The molecule has 0 spiro atoms. The third-order valence-corrected chi connectivity index (χ3v) is 2.09. The molecule has 1 rings (SSSR count). The highest BCUT2D eigenvalue weighted by Crippen LogP contribution is 1.97. The maximum absolute atomic E-state index is 5.27. The number of ether oxygens (including phenoxy) is 2. The highest BCUT2D eigenvalue weighted by Gasteiger charge is 1.91. The summed E-state index contributed by atoms with van der Waals surface area (Å²) in [6.45, 7) is 2.51. The van der Waals surface area contributed by atoms with Crippen LogP contribution >= 0.6 is 0 Å². The van der Waals surface area contributed by atoms with Gasteiger partial charge in [-0.1, -0.05) is 30.3 Å². The quantitative estimate of drug-likeness (QED) is 0.484. The molecule has 0 fully saturated rings. The molecule has 16 heavy (non-hydrogen) atoms. The van der Waals surface area contributed by atoms with Crippen LogP contribution in [-0.2, 0) is 15.9 Å². The molecule has 1 aromatic rings. The second-order valence-corrected chi connectivity index (χ2v) is 3.41. The normalized spacial score (nSPS) is 10.6. The van der Waals surface area contributed by atoms with E-state index in [2.05, 4.69) is 34.9 Å². The summed E-state index contributed by atoms with van der Waals surface area (Å²) in [7, 11) is 1.64. The van der Waals surface area contributed by atoms with E-state index in [0.717, 1.165) is 13.0 Å². The zero-order valence-electron chi connectivity index (χ0n) is 9.74. The minimum atomic E-state index is 0.506. The molecule has 1 aromatic carbocycles. The van der Waals surface area contributed by atoms with Crippen LogP contribution in [-0.4, -0.2) is 33.8 Å². The van der Waals surface area contributed by atoms with Crippen LogP contribution in [0.4, 0.5) is 0 Å². The van der Waals surface area contributed by atoms with Gasteiger partial charge in [0.05, 0.1) is 20.2 Å². The van der Waals surface area contributed by atoms with Crippen LogP contribution < -0.4 is 10.6 Å². The topological polar surface area (TPSA) is 42.5 Å². The molecule has 4 heteroatoms. The van der Waals surface area contributed by atoms with Gasteiger partial charge in [-0.05, 0) is 12.0 Å². The molecule has 0 saturated carbocycles. The second-order valence-electron chi connectivity index (χ2n) is 3.41. The molecule has 0 radical (unpaired) electrons. The average Bonchev–Trinajstić information content (AvgIpc) is 2.34. The summed E-state index contributed by atoms with van der Waals surface area (Å²) in [5, 5.41) is 6.17. The molecule has 0 amide bonds. The van der Waals surface area contributed by atoms with E-state index in [0.29, 0.717) is 20.2 Å². The SMILES string of the molecule is COCNCOCNCCc1ccccc1. The number of benzene rings is 1. The van der Waals surface area contributed by atoms with Crippen molar-refractivity contribution < 1.29 is 9.47 Å². The Labute approximate surface area is 96.9 Å². The highest BCUT2D eigenvalue weighted by atomic mass is 16.5. The fourth-order valence-electron chi connectivity index (χ4n) is 1.29. The van der Waals surface area contributed by atoms with E-state index in [9.17, 15) is 0 Å². The summed E-state index contributed by atoms with van der Waals surface area (Å²) in [4.78, 5) is 0. The summed E-state index contributed by atoms with van der Waals surface area (Å²) in [5.74, 6) is 0. The number of hydrogen-bond donors (Lipinski definition) is 2. The van der Waals surface area contributed by atoms with Crippen molar-refractivity contribution in [1.29, 1.82) is 0 Å². The van der Waals surface area contributed by atoms with E-state index < -0.39 is 0 Å². The first kappa shape index (κ1) is 13.1. The summed E-state index contributed by atoms with van der Waals surface area (Å²) >= 11 is 0. The molecule has 0 saturated heterocycles. The third kappa shape index (κ3) is 6.53. The fraction of sp³-hybridized carbons (Fsp3) is 0.500. The average molecular weight is 224 g/mol. The lowest BCUT2D eigenvalue weighted by Gasteiger charge is -2.07. The van der Waals surface area contributed by atoms with Crippen LogP contribution in [0.5, 0.6) is 0 Å². The molecular weight excluding hydrogens is 204 g/mol. The number of nitrogens with one attached hydrogen (secondary N) is 2. The molecule has 0 aromatic heterocycles. The predicted octanol–water partition coefficient (Wildman–Crippen LogP) is 0.944. The zero-order valence-corrected chi connectivity index (χ0v) is 9.74. The minimum absolute atomic E-state index is 0.506. The minimum Gasteiger partial charge on any atom is -0.369 e. The van der Waals surface area contributed by atoms with Crippen molar-refractivity contribution in [3.8, 4) is 0 Å². The molecule has 0 aliphatic heterocycles. The smallest absolute Gasteiger partial charge is 0.1000 e. The van der Waals surface area contributed by atoms with E-state index in [1.165, 1.54) is 5.56 Å². The number of hydrogen-bond acceptors (Lipinski definition) is 4. The molecule has 0 atom stereocenters. The zero-order chi connectivity index (χ0) is 11.5. The Balaban J connectivity index is 1.89. The lowest BCUT2D eigenvalue weighted by molar-refractivity contribution is 0.0691. The molecule has 0 unspecified atom stereocenters. The van der Waals surface area contributed by atoms with Gasteiger partial charge in [0.25, 0.3) is 0 Å². The third-order valence-electron chi connectivity index (χ3n) is 2.09. The largest absolute Gasteiger partial charge is 0.369 e. The Kier molecular flexibility index (Phi) is 7.63. The summed E-state index contributed by atoms with van der Waals surface area (Å²) in [5.41, 5.74) is 1.34. The van der Waals surface area contributed by atoms with Gasteiger partial charge in [-0.3, -0.25) is 10.6 Å². The van der Waals surface area contributed by atoms with E-state index >= 15 is 0 Å². The van der Waals surface area contributed by atoms with Crippen LogP contribution in [0.15, 0.2) is 30.3 Å². The van der Waals surface area contributed by atoms with Crippen molar-refractivity contribution >= 4 is 0 Å². The van der Waals surface area contributed by atoms with Gasteiger partial charge < -0.3 is 9.47 Å². The first-order valence-corrected chi connectivity index (χ1v) is 5.45. The van der Waals surface area contributed by atoms with E-state index in [-0.39, 0.29) is 0 Å². The van der Waals surface area contributed by atoms with Crippen molar-refractivity contribution in [3.05, 3.63) is 35.9 Å². The van der Waals surface area contributed by atoms with Crippen molar-refractivity contribution in [2.45, 2.75) is 6.42 Å². The molecular formula is C12H20N2O2. The van der Waals surface area contributed by atoms with E-state index in [4.69, 9.17) is 9.47 Å². The van der Waals surface area contributed by atoms with Crippen LogP contribution in [0, 0.1) is 0 Å². The molecule has 0 heterocycles. The van der Waals surface area contributed by atoms with Gasteiger partial charge in [-0.25, -0.2) is 0 Å². The van der Waals surface area contributed by atoms with Gasteiger partial charge in [0.2, 0.25) is 0 Å². The van der Waals surface area contributed by atoms with Crippen molar-refractivity contribution in [3.63, 3.8) is 0 Å². The Morgan fingerprint density at radius 3 is 2.50 bits per heavy atom. The molecule has 90 valence electrons. The number of methoxy groups -OCH3 is 1. The van der Waals surface area contributed by atoms with E-state index in [1.54, 1.807) is 7.11 Å². The second kappa shape index (κ2) is 9.30. The summed E-state index contributed by atoms with van der Waals surface area (Å²) in [6.07, 6.45) is 1.02. The lowest BCUT2D eigenvalue weighted by Crippen LogP contribution is -2.26. The van der Waals surface area contributed by atoms with Crippen LogP contribution in [0.2, 0.25) is 0 Å². The Morgan fingerprint density at radius 2 is 1.75 bits per heavy atom. The molecule has 0 bridgehead atoms.